The zero-order valence-corrected chi connectivity index (χ0v) is 18.6. The van der Waals surface area contributed by atoms with Gasteiger partial charge in [-0.25, -0.2) is 0 Å². The van der Waals surface area contributed by atoms with Crippen molar-refractivity contribution in [3.63, 3.8) is 0 Å². The summed E-state index contributed by atoms with van der Waals surface area (Å²) < 4.78 is 2.08. The first kappa shape index (κ1) is 21.9. The van der Waals surface area contributed by atoms with E-state index >= 15 is 0 Å². The van der Waals surface area contributed by atoms with Crippen LogP contribution in [0.3, 0.4) is 0 Å². The lowest BCUT2D eigenvalue weighted by Crippen LogP contribution is -2.45. The predicted molar refractivity (Wildman–Crippen MR) is 120 cm³/mol. The van der Waals surface area contributed by atoms with Crippen molar-refractivity contribution >= 4 is 11.9 Å². The molecule has 1 fully saturated rings. The average molecular weight is 411 g/mol. The van der Waals surface area contributed by atoms with Crippen molar-refractivity contribution in [2.45, 2.75) is 46.2 Å². The van der Waals surface area contributed by atoms with Crippen LogP contribution in [0.5, 0.6) is 0 Å². The molecule has 1 aromatic carbocycles. The molecule has 0 saturated carbocycles. The normalized spacial score (nSPS) is 15.3. The van der Waals surface area contributed by atoms with Gasteiger partial charge in [-0.1, -0.05) is 30.3 Å². The predicted octanol–water partition coefficient (Wildman–Crippen LogP) is 2.47. The Labute approximate surface area is 179 Å². The van der Waals surface area contributed by atoms with Crippen LogP contribution < -0.4 is 10.6 Å². The number of aliphatic imine (C=N–C) groups is 1. The Morgan fingerprint density at radius 3 is 2.53 bits per heavy atom. The molecule has 0 bridgehead atoms. The van der Waals surface area contributed by atoms with Crippen LogP contribution in [-0.4, -0.2) is 53.7 Å². The number of piperidine rings is 1. The average Bonchev–Trinajstić information content (AvgIpc) is 3.03. The van der Waals surface area contributed by atoms with Crippen LogP contribution in [0.4, 0.5) is 0 Å². The van der Waals surface area contributed by atoms with Crippen molar-refractivity contribution in [1.82, 2.24) is 25.3 Å². The summed E-state index contributed by atoms with van der Waals surface area (Å²) in [5, 5.41) is 11.0. The maximum absolute atomic E-state index is 11.6. The number of hydrogen-bond donors (Lipinski definition) is 2. The van der Waals surface area contributed by atoms with Crippen LogP contribution >= 0.6 is 0 Å². The van der Waals surface area contributed by atoms with Crippen LogP contribution in [0.25, 0.3) is 0 Å². The van der Waals surface area contributed by atoms with Crippen LogP contribution in [0.15, 0.2) is 35.3 Å². The van der Waals surface area contributed by atoms with Gasteiger partial charge < -0.3 is 15.5 Å². The maximum atomic E-state index is 11.6. The third-order valence-electron chi connectivity index (χ3n) is 6.01. The number of guanidine groups is 1. The number of nitrogens with zero attached hydrogens (tertiary/aromatic N) is 4. The monoisotopic (exact) mass is 410 g/mol. The molecule has 1 aliphatic heterocycles. The van der Waals surface area contributed by atoms with Crippen LogP contribution in [-0.2, 0) is 17.9 Å². The van der Waals surface area contributed by atoms with Crippen LogP contribution in [0.2, 0.25) is 0 Å². The molecular formula is C23H34N6O. The molecule has 7 nitrogen and oxygen atoms in total. The zero-order chi connectivity index (χ0) is 21.5. The Kier molecular flexibility index (Phi) is 7.49. The Morgan fingerprint density at radius 1 is 1.20 bits per heavy atom. The largest absolute Gasteiger partial charge is 0.359 e. The SMILES string of the molecule is CN=C(NCc1c(C)nn(Cc2ccccc2)c1C)N1CCC(CC(=O)NC)CC1. The molecule has 0 radical (unpaired) electrons. The van der Waals surface area contributed by atoms with Crippen molar-refractivity contribution in [3.8, 4) is 0 Å². The van der Waals surface area contributed by atoms with E-state index in [1.807, 2.05) is 13.1 Å². The summed E-state index contributed by atoms with van der Waals surface area (Å²) in [5.74, 6) is 1.51. The first-order valence-corrected chi connectivity index (χ1v) is 10.7. The number of carbonyl (C=O) groups is 1. The Balaban J connectivity index is 1.57. The van der Waals surface area contributed by atoms with Gasteiger partial charge in [0.2, 0.25) is 5.91 Å². The summed E-state index contributed by atoms with van der Waals surface area (Å²) in [6.07, 6.45) is 2.65. The summed E-state index contributed by atoms with van der Waals surface area (Å²) in [7, 11) is 3.53. The van der Waals surface area contributed by atoms with Gasteiger partial charge >= 0.3 is 0 Å². The Morgan fingerprint density at radius 2 is 1.90 bits per heavy atom. The molecule has 162 valence electrons. The molecule has 7 heteroatoms. The van der Waals surface area contributed by atoms with Gasteiger partial charge in [0.15, 0.2) is 5.96 Å². The van der Waals surface area contributed by atoms with E-state index in [4.69, 9.17) is 5.10 Å². The summed E-state index contributed by atoms with van der Waals surface area (Å²) in [6.45, 7) is 7.53. The summed E-state index contributed by atoms with van der Waals surface area (Å²) in [6, 6.07) is 10.4. The number of likely N-dealkylation sites (tertiary alicyclic amines) is 1. The van der Waals surface area contributed by atoms with Gasteiger partial charge in [0.1, 0.15) is 0 Å². The number of aryl methyl sites for hydroxylation is 1. The second-order valence-corrected chi connectivity index (χ2v) is 8.00. The summed E-state index contributed by atoms with van der Waals surface area (Å²) >= 11 is 0. The van der Waals surface area contributed by atoms with E-state index in [9.17, 15) is 4.79 Å². The minimum absolute atomic E-state index is 0.134. The zero-order valence-electron chi connectivity index (χ0n) is 18.6. The number of hydrogen-bond acceptors (Lipinski definition) is 3. The second-order valence-electron chi connectivity index (χ2n) is 8.00. The molecule has 1 aliphatic rings. The number of nitrogens with one attached hydrogen (secondary N) is 2. The first-order valence-electron chi connectivity index (χ1n) is 10.7. The molecule has 0 aliphatic carbocycles. The molecule has 0 atom stereocenters. The fourth-order valence-corrected chi connectivity index (χ4v) is 4.11. The van der Waals surface area contributed by atoms with E-state index in [2.05, 4.69) is 63.3 Å². The van der Waals surface area contributed by atoms with Crippen molar-refractivity contribution < 1.29 is 4.79 Å². The minimum atomic E-state index is 0.134. The number of rotatable bonds is 6. The molecule has 2 heterocycles. The van der Waals surface area contributed by atoms with Crippen molar-refractivity contribution in [1.29, 1.82) is 0 Å². The molecule has 0 spiro atoms. The van der Waals surface area contributed by atoms with Gasteiger partial charge in [0.05, 0.1) is 12.2 Å². The Bertz CT molecular complexity index is 865. The van der Waals surface area contributed by atoms with Gasteiger partial charge in [-0.3, -0.25) is 14.5 Å². The Hall–Kier alpha value is -2.83. The molecule has 0 unspecified atom stereocenters. The molecular weight excluding hydrogens is 376 g/mol. The quantitative estimate of drug-likeness (QED) is 0.567. The van der Waals surface area contributed by atoms with Crippen molar-refractivity contribution in [2.75, 3.05) is 27.2 Å². The fourth-order valence-electron chi connectivity index (χ4n) is 4.11. The standard InChI is InChI=1S/C23H34N6O/c1-17-21(18(2)29(27-17)16-20-8-6-5-7-9-20)15-26-23(25-4)28-12-10-19(11-13-28)14-22(30)24-3/h5-9,19H,10-16H2,1-4H3,(H,24,30)(H,25,26). The number of amides is 1. The smallest absolute Gasteiger partial charge is 0.220 e. The fraction of sp³-hybridized carbons (Fsp3) is 0.522. The maximum Gasteiger partial charge on any atom is 0.220 e. The highest BCUT2D eigenvalue weighted by atomic mass is 16.1. The summed E-state index contributed by atoms with van der Waals surface area (Å²) in [5.41, 5.74) is 4.71. The van der Waals surface area contributed by atoms with Crippen LogP contribution in [0.1, 0.15) is 41.8 Å². The van der Waals surface area contributed by atoms with Crippen LogP contribution in [0, 0.1) is 19.8 Å². The highest BCUT2D eigenvalue weighted by molar-refractivity contribution is 5.80. The lowest BCUT2D eigenvalue weighted by atomic mass is 9.93. The minimum Gasteiger partial charge on any atom is -0.359 e. The van der Waals surface area contributed by atoms with Gasteiger partial charge in [-0.05, 0) is 38.2 Å². The lowest BCUT2D eigenvalue weighted by molar-refractivity contribution is -0.121. The van der Waals surface area contributed by atoms with E-state index in [1.165, 1.54) is 16.8 Å². The molecule has 1 saturated heterocycles. The number of carbonyl (C=O) groups excluding carboxylic acids is 1. The van der Waals surface area contributed by atoms with E-state index in [-0.39, 0.29) is 5.91 Å². The van der Waals surface area contributed by atoms with E-state index in [0.29, 0.717) is 18.9 Å². The molecule has 2 aromatic rings. The molecule has 2 N–H and O–H groups in total. The first-order chi connectivity index (χ1) is 14.5. The van der Waals surface area contributed by atoms with Gasteiger partial charge in [-0.2, -0.15) is 5.10 Å². The van der Waals surface area contributed by atoms with Gasteiger partial charge in [-0.15, -0.1) is 0 Å². The number of benzene rings is 1. The second kappa shape index (κ2) is 10.3. The lowest BCUT2D eigenvalue weighted by Gasteiger charge is -2.34. The third-order valence-corrected chi connectivity index (χ3v) is 6.01. The molecule has 3 rings (SSSR count). The van der Waals surface area contributed by atoms with Crippen molar-refractivity contribution in [3.05, 3.63) is 52.8 Å². The van der Waals surface area contributed by atoms with Crippen molar-refractivity contribution in [2.24, 2.45) is 10.9 Å². The van der Waals surface area contributed by atoms with E-state index in [1.54, 1.807) is 7.05 Å². The van der Waals surface area contributed by atoms with Gasteiger partial charge in [0, 0.05) is 51.4 Å². The highest BCUT2D eigenvalue weighted by Crippen LogP contribution is 2.21. The number of aromatic nitrogens is 2. The van der Waals surface area contributed by atoms with E-state index in [0.717, 1.165) is 44.1 Å². The topological polar surface area (TPSA) is 74.5 Å². The summed E-state index contributed by atoms with van der Waals surface area (Å²) in [4.78, 5) is 18.4. The third kappa shape index (κ3) is 5.40. The molecule has 1 amide bonds. The molecule has 1 aromatic heterocycles. The van der Waals surface area contributed by atoms with Gasteiger partial charge in [0.25, 0.3) is 0 Å². The van der Waals surface area contributed by atoms with E-state index < -0.39 is 0 Å². The highest BCUT2D eigenvalue weighted by Gasteiger charge is 2.23. The molecule has 30 heavy (non-hydrogen) atoms.